The molecule has 0 aliphatic carbocycles. The third kappa shape index (κ3) is 1.71. The van der Waals surface area contributed by atoms with Gasteiger partial charge in [-0.3, -0.25) is 0 Å². The van der Waals surface area contributed by atoms with Crippen LogP contribution in [0.15, 0.2) is 70.9 Å². The second-order valence-corrected chi connectivity index (χ2v) is 4.46. The van der Waals surface area contributed by atoms with Crippen molar-refractivity contribution in [2.24, 2.45) is 10.2 Å². The fourth-order valence-electron chi connectivity index (χ4n) is 2.11. The Morgan fingerprint density at radius 1 is 0.833 bits per heavy atom. The predicted octanol–water partition coefficient (Wildman–Crippen LogP) is 3.23. The van der Waals surface area contributed by atoms with Crippen LogP contribution in [0.4, 0.5) is 0 Å². The minimum Gasteiger partial charge on any atom is -0.326 e. The molecule has 1 N–H and O–H groups in total. The van der Waals surface area contributed by atoms with Crippen LogP contribution >= 0.6 is 12.2 Å². The Morgan fingerprint density at radius 2 is 1.33 bits per heavy atom. The molecule has 3 rings (SSSR count). The summed E-state index contributed by atoms with van der Waals surface area (Å²) in [5.74, 6) is 0. The van der Waals surface area contributed by atoms with Crippen LogP contribution < -0.4 is 5.32 Å². The summed E-state index contributed by atoms with van der Waals surface area (Å²) < 4.78 is 0. The van der Waals surface area contributed by atoms with Gasteiger partial charge >= 0.3 is 0 Å². The number of thiocarbonyl (C=S) groups is 1. The third-order valence-corrected chi connectivity index (χ3v) is 3.15. The van der Waals surface area contributed by atoms with E-state index in [1.54, 1.807) is 0 Å². The lowest BCUT2D eigenvalue weighted by molar-refractivity contribution is 0.516. The van der Waals surface area contributed by atoms with Crippen molar-refractivity contribution in [2.45, 2.75) is 5.66 Å². The van der Waals surface area contributed by atoms with Gasteiger partial charge in [-0.05, 0) is 12.2 Å². The Balaban J connectivity index is 2.18. The van der Waals surface area contributed by atoms with E-state index >= 15 is 0 Å². The van der Waals surface area contributed by atoms with Crippen LogP contribution in [0, 0.1) is 0 Å². The first-order valence-corrected chi connectivity index (χ1v) is 6.08. The third-order valence-electron chi connectivity index (χ3n) is 2.96. The number of nitrogens with one attached hydrogen (secondary N) is 1. The van der Waals surface area contributed by atoms with Gasteiger partial charge in [-0.15, -0.1) is 10.2 Å². The van der Waals surface area contributed by atoms with Gasteiger partial charge in [0.15, 0.2) is 0 Å². The van der Waals surface area contributed by atoms with E-state index in [2.05, 4.69) is 15.5 Å². The smallest absolute Gasteiger partial charge is 0.216 e. The van der Waals surface area contributed by atoms with Crippen molar-refractivity contribution in [1.29, 1.82) is 0 Å². The highest BCUT2D eigenvalue weighted by Gasteiger charge is 2.38. The molecule has 0 spiro atoms. The van der Waals surface area contributed by atoms with Crippen molar-refractivity contribution < 1.29 is 0 Å². The van der Waals surface area contributed by atoms with Gasteiger partial charge in [-0.25, -0.2) is 0 Å². The van der Waals surface area contributed by atoms with Crippen LogP contribution in [0.1, 0.15) is 11.1 Å². The average Bonchev–Trinajstić information content (AvgIpc) is 2.84. The van der Waals surface area contributed by atoms with E-state index in [0.717, 1.165) is 11.1 Å². The topological polar surface area (TPSA) is 36.8 Å². The average molecular weight is 253 g/mol. The van der Waals surface area contributed by atoms with Gasteiger partial charge in [-0.1, -0.05) is 60.7 Å². The monoisotopic (exact) mass is 253 g/mol. The molecule has 0 fully saturated rings. The lowest BCUT2D eigenvalue weighted by Crippen LogP contribution is -2.39. The molecule has 3 nitrogen and oxygen atoms in total. The van der Waals surface area contributed by atoms with Gasteiger partial charge in [0.05, 0.1) is 0 Å². The van der Waals surface area contributed by atoms with Crippen LogP contribution in [0.2, 0.25) is 0 Å². The fourth-order valence-corrected chi connectivity index (χ4v) is 2.30. The highest BCUT2D eigenvalue weighted by Crippen LogP contribution is 2.34. The molecule has 0 unspecified atom stereocenters. The van der Waals surface area contributed by atoms with Gasteiger partial charge in [0.1, 0.15) is 0 Å². The van der Waals surface area contributed by atoms with Crippen LogP contribution in [-0.4, -0.2) is 5.11 Å². The van der Waals surface area contributed by atoms with Crippen LogP contribution in [-0.2, 0) is 5.66 Å². The highest BCUT2D eigenvalue weighted by molar-refractivity contribution is 7.80. The molecule has 0 amide bonds. The number of nitrogens with zero attached hydrogens (tertiary/aromatic N) is 2. The Labute approximate surface area is 111 Å². The lowest BCUT2D eigenvalue weighted by Gasteiger charge is -2.26. The normalized spacial score (nSPS) is 16.6. The Hall–Kier alpha value is -2.07. The molecule has 0 aromatic heterocycles. The standard InChI is InChI=1S/C14H11N3S/c18-13-15-14(17-16-13,11-7-3-1-4-8-11)12-9-5-2-6-10-12/h1-10H,(H,15,18). The molecule has 0 bridgehead atoms. The summed E-state index contributed by atoms with van der Waals surface area (Å²) in [5.41, 5.74) is 1.37. The van der Waals surface area contributed by atoms with Crippen LogP contribution in [0.5, 0.6) is 0 Å². The molecule has 0 saturated heterocycles. The quantitative estimate of drug-likeness (QED) is 0.834. The molecule has 18 heavy (non-hydrogen) atoms. The molecule has 0 saturated carbocycles. The van der Waals surface area contributed by atoms with Crippen molar-refractivity contribution in [1.82, 2.24) is 5.32 Å². The number of hydrogen-bond donors (Lipinski definition) is 1. The van der Waals surface area contributed by atoms with E-state index in [9.17, 15) is 0 Å². The van der Waals surface area contributed by atoms with Crippen LogP contribution in [0.3, 0.4) is 0 Å². The summed E-state index contributed by atoms with van der Waals surface area (Å²) in [6.07, 6.45) is 0. The van der Waals surface area contributed by atoms with Crippen molar-refractivity contribution >= 4 is 17.3 Å². The molecular formula is C14H11N3S. The van der Waals surface area contributed by atoms with Crippen molar-refractivity contribution in [2.75, 3.05) is 0 Å². The molecule has 4 heteroatoms. The van der Waals surface area contributed by atoms with Crippen LogP contribution in [0.25, 0.3) is 0 Å². The van der Waals surface area contributed by atoms with Crippen molar-refractivity contribution in [3.63, 3.8) is 0 Å². The number of hydrogen-bond acceptors (Lipinski definition) is 2. The maximum absolute atomic E-state index is 5.10. The van der Waals surface area contributed by atoms with Gasteiger partial charge in [-0.2, -0.15) is 0 Å². The lowest BCUT2D eigenvalue weighted by atomic mass is 9.92. The minimum atomic E-state index is -0.681. The van der Waals surface area contributed by atoms with Gasteiger partial charge in [0.2, 0.25) is 10.8 Å². The first-order valence-electron chi connectivity index (χ1n) is 5.67. The van der Waals surface area contributed by atoms with E-state index in [-0.39, 0.29) is 0 Å². The Kier molecular flexibility index (Phi) is 2.64. The first-order chi connectivity index (χ1) is 8.81. The van der Waals surface area contributed by atoms with Crippen molar-refractivity contribution in [3.8, 4) is 0 Å². The van der Waals surface area contributed by atoms with Gasteiger partial charge < -0.3 is 5.32 Å². The van der Waals surface area contributed by atoms with Gasteiger partial charge in [0, 0.05) is 11.1 Å². The van der Waals surface area contributed by atoms with E-state index in [0.29, 0.717) is 5.11 Å². The summed E-state index contributed by atoms with van der Waals surface area (Å²) in [5, 5.41) is 12.0. The van der Waals surface area contributed by atoms with E-state index in [1.165, 1.54) is 0 Å². The Morgan fingerprint density at radius 3 is 1.72 bits per heavy atom. The van der Waals surface area contributed by atoms with E-state index < -0.39 is 5.66 Å². The maximum atomic E-state index is 5.10. The van der Waals surface area contributed by atoms with Crippen molar-refractivity contribution in [3.05, 3.63) is 71.8 Å². The molecule has 1 heterocycles. The summed E-state index contributed by atoms with van der Waals surface area (Å²) >= 11 is 5.10. The minimum absolute atomic E-state index is 0.419. The summed E-state index contributed by atoms with van der Waals surface area (Å²) in [6.45, 7) is 0. The van der Waals surface area contributed by atoms with Gasteiger partial charge in [0.25, 0.3) is 0 Å². The molecule has 1 aliphatic heterocycles. The number of benzene rings is 2. The molecule has 0 radical (unpaired) electrons. The first kappa shape index (κ1) is 11.0. The Bertz CT molecular complexity index is 553. The second kappa shape index (κ2) is 4.31. The zero-order chi connectivity index (χ0) is 12.4. The second-order valence-electron chi connectivity index (χ2n) is 4.07. The number of rotatable bonds is 2. The molecule has 1 aliphatic rings. The number of azo groups is 1. The summed E-state index contributed by atoms with van der Waals surface area (Å²) in [4.78, 5) is 0. The zero-order valence-corrected chi connectivity index (χ0v) is 10.4. The molecule has 0 atom stereocenters. The van der Waals surface area contributed by atoms with E-state index in [1.807, 2.05) is 60.7 Å². The largest absolute Gasteiger partial charge is 0.326 e. The molecule has 88 valence electrons. The summed E-state index contributed by atoms with van der Waals surface area (Å²) in [6, 6.07) is 20.0. The SMILES string of the molecule is S=C1N=NC(c2ccccc2)(c2ccccc2)N1. The molecule has 2 aromatic rings. The zero-order valence-electron chi connectivity index (χ0n) is 9.58. The fraction of sp³-hybridized carbons (Fsp3) is 0.0714. The molecule has 2 aromatic carbocycles. The predicted molar refractivity (Wildman–Crippen MR) is 74.3 cm³/mol. The highest BCUT2D eigenvalue weighted by atomic mass is 32.1. The van der Waals surface area contributed by atoms with E-state index in [4.69, 9.17) is 12.2 Å². The summed E-state index contributed by atoms with van der Waals surface area (Å²) in [7, 11) is 0. The maximum Gasteiger partial charge on any atom is 0.216 e. The molecular weight excluding hydrogens is 242 g/mol.